The van der Waals surface area contributed by atoms with Gasteiger partial charge in [-0.1, -0.05) is 18.2 Å². The number of hydrogen-bond acceptors (Lipinski definition) is 6. The van der Waals surface area contributed by atoms with Crippen LogP contribution in [-0.4, -0.2) is 30.2 Å². The highest BCUT2D eigenvalue weighted by molar-refractivity contribution is 9.10. The Labute approximate surface area is 219 Å². The number of halogens is 2. The molecule has 0 spiro atoms. The van der Waals surface area contributed by atoms with Gasteiger partial charge < -0.3 is 20.1 Å². The van der Waals surface area contributed by atoms with Crippen molar-refractivity contribution in [1.82, 2.24) is 5.32 Å². The van der Waals surface area contributed by atoms with Gasteiger partial charge in [-0.05, 0) is 94.8 Å². The second-order valence-electron chi connectivity index (χ2n) is 7.42. The summed E-state index contributed by atoms with van der Waals surface area (Å²) < 4.78 is 25.2. The zero-order valence-corrected chi connectivity index (χ0v) is 21.5. The molecule has 0 radical (unpaired) electrons. The Hall–Kier alpha value is -3.63. The number of para-hydroxylation sites is 1. The van der Waals surface area contributed by atoms with E-state index in [0.29, 0.717) is 49.6 Å². The number of aliphatic imine (C=N–C) groups is 1. The molecule has 10 heteroatoms. The van der Waals surface area contributed by atoms with Gasteiger partial charge in [-0.3, -0.25) is 9.59 Å². The van der Waals surface area contributed by atoms with E-state index in [-0.39, 0.29) is 24.2 Å². The van der Waals surface area contributed by atoms with Crippen LogP contribution < -0.4 is 20.1 Å². The Kier molecular flexibility index (Phi) is 8.40. The Morgan fingerprint density at radius 2 is 1.89 bits per heavy atom. The second-order valence-corrected chi connectivity index (χ2v) is 9.31. The van der Waals surface area contributed by atoms with E-state index in [1.165, 1.54) is 36.0 Å². The average Bonchev–Trinajstić information content (AvgIpc) is 3.19. The fourth-order valence-electron chi connectivity index (χ4n) is 3.20. The van der Waals surface area contributed by atoms with Crippen molar-refractivity contribution in [2.75, 3.05) is 18.5 Å². The van der Waals surface area contributed by atoms with E-state index >= 15 is 0 Å². The minimum absolute atomic E-state index is 0.213. The molecule has 0 saturated carbocycles. The van der Waals surface area contributed by atoms with Crippen molar-refractivity contribution in [2.45, 2.75) is 6.92 Å². The zero-order chi connectivity index (χ0) is 25.5. The molecule has 1 saturated heterocycles. The van der Waals surface area contributed by atoms with E-state index in [4.69, 9.17) is 9.47 Å². The number of ether oxygens (including phenoxy) is 2. The Morgan fingerprint density at radius 3 is 2.61 bits per heavy atom. The number of rotatable bonds is 8. The molecule has 36 heavy (non-hydrogen) atoms. The number of hydrogen-bond donors (Lipinski definition) is 2. The van der Waals surface area contributed by atoms with E-state index in [1.807, 2.05) is 25.1 Å². The molecule has 1 aliphatic rings. The molecule has 1 fully saturated rings. The molecule has 1 heterocycles. The van der Waals surface area contributed by atoms with Gasteiger partial charge in [-0.25, -0.2) is 9.38 Å². The average molecular weight is 570 g/mol. The van der Waals surface area contributed by atoms with Crippen molar-refractivity contribution in [3.8, 4) is 11.5 Å². The molecule has 3 aromatic carbocycles. The summed E-state index contributed by atoms with van der Waals surface area (Å²) in [7, 11) is 0. The van der Waals surface area contributed by atoms with Crippen LogP contribution >= 0.6 is 27.7 Å². The van der Waals surface area contributed by atoms with Crippen LogP contribution in [0.2, 0.25) is 0 Å². The van der Waals surface area contributed by atoms with E-state index < -0.39 is 0 Å². The number of amides is 2. The molecule has 2 N–H and O–H groups in total. The summed E-state index contributed by atoms with van der Waals surface area (Å²) in [4.78, 5) is 29.5. The van der Waals surface area contributed by atoms with Gasteiger partial charge in [0, 0.05) is 5.69 Å². The Bertz CT molecular complexity index is 1330. The van der Waals surface area contributed by atoms with Gasteiger partial charge in [0.15, 0.2) is 23.3 Å². The normalized spacial score (nSPS) is 15.1. The molecule has 0 bridgehead atoms. The highest BCUT2D eigenvalue weighted by Crippen LogP contribution is 2.38. The van der Waals surface area contributed by atoms with Gasteiger partial charge in [-0.15, -0.1) is 0 Å². The van der Waals surface area contributed by atoms with Crippen molar-refractivity contribution in [2.24, 2.45) is 4.99 Å². The maximum Gasteiger partial charge on any atom is 0.264 e. The number of benzene rings is 3. The van der Waals surface area contributed by atoms with Gasteiger partial charge in [-0.2, -0.15) is 0 Å². The fraction of sp³-hybridized carbons (Fsp3) is 0.115. The summed E-state index contributed by atoms with van der Waals surface area (Å²) in [6.07, 6.45) is 1.70. The summed E-state index contributed by atoms with van der Waals surface area (Å²) in [5.41, 5.74) is 1.89. The number of thioether (sulfide) groups is 1. The quantitative estimate of drug-likeness (QED) is 0.330. The summed E-state index contributed by atoms with van der Waals surface area (Å²) in [5.74, 6) is -0.164. The van der Waals surface area contributed by atoms with E-state index in [0.717, 1.165) is 0 Å². The predicted octanol–water partition coefficient (Wildman–Crippen LogP) is 5.90. The van der Waals surface area contributed by atoms with Crippen LogP contribution in [0.1, 0.15) is 12.5 Å². The predicted molar refractivity (Wildman–Crippen MR) is 143 cm³/mol. The SMILES string of the molecule is CCOc1cc(/C=C2/SC(=Nc3ccc(F)cc3)NC2=O)cc(Br)c1OCC(=O)Nc1ccccc1. The molecule has 0 aliphatic carbocycles. The Morgan fingerprint density at radius 1 is 1.14 bits per heavy atom. The van der Waals surface area contributed by atoms with Gasteiger partial charge in [0.1, 0.15) is 5.82 Å². The lowest BCUT2D eigenvalue weighted by Crippen LogP contribution is -2.20. The minimum atomic E-state index is -0.359. The number of nitrogens with one attached hydrogen (secondary N) is 2. The van der Waals surface area contributed by atoms with E-state index in [9.17, 15) is 14.0 Å². The first kappa shape index (κ1) is 25.5. The smallest absolute Gasteiger partial charge is 0.264 e. The zero-order valence-electron chi connectivity index (χ0n) is 19.1. The third kappa shape index (κ3) is 6.73. The van der Waals surface area contributed by atoms with Crippen LogP contribution in [0.5, 0.6) is 11.5 Å². The molecule has 2 amide bonds. The lowest BCUT2D eigenvalue weighted by Gasteiger charge is -2.15. The highest BCUT2D eigenvalue weighted by Gasteiger charge is 2.24. The first-order valence-electron chi connectivity index (χ1n) is 10.9. The molecule has 1 aliphatic heterocycles. The van der Waals surface area contributed by atoms with Crippen molar-refractivity contribution in [1.29, 1.82) is 0 Å². The van der Waals surface area contributed by atoms with Gasteiger partial charge >= 0.3 is 0 Å². The van der Waals surface area contributed by atoms with Crippen LogP contribution in [0.4, 0.5) is 15.8 Å². The molecular formula is C26H21BrFN3O4S. The van der Waals surface area contributed by atoms with Crippen molar-refractivity contribution >= 4 is 62.1 Å². The summed E-state index contributed by atoms with van der Waals surface area (Å²) in [5, 5.41) is 5.87. The molecule has 4 rings (SSSR count). The van der Waals surface area contributed by atoms with Gasteiger partial charge in [0.05, 0.1) is 21.7 Å². The molecule has 0 atom stereocenters. The maximum atomic E-state index is 13.1. The van der Waals surface area contributed by atoms with Crippen LogP contribution in [0.15, 0.2) is 81.1 Å². The van der Waals surface area contributed by atoms with Crippen LogP contribution in [0, 0.1) is 5.82 Å². The minimum Gasteiger partial charge on any atom is -0.490 e. The molecule has 0 aromatic heterocycles. The van der Waals surface area contributed by atoms with Crippen molar-refractivity contribution < 1.29 is 23.5 Å². The van der Waals surface area contributed by atoms with Gasteiger partial charge in [0.2, 0.25) is 0 Å². The molecule has 0 unspecified atom stereocenters. The van der Waals surface area contributed by atoms with Crippen LogP contribution in [-0.2, 0) is 9.59 Å². The third-order valence-electron chi connectivity index (χ3n) is 4.74. The summed E-state index contributed by atoms with van der Waals surface area (Å²) in [6, 6.07) is 18.3. The second kappa shape index (κ2) is 11.9. The number of anilines is 1. The first-order chi connectivity index (χ1) is 17.4. The van der Waals surface area contributed by atoms with Crippen LogP contribution in [0.25, 0.3) is 6.08 Å². The molecule has 7 nitrogen and oxygen atoms in total. The molecular weight excluding hydrogens is 549 g/mol. The van der Waals surface area contributed by atoms with Crippen molar-refractivity contribution in [3.05, 3.63) is 87.5 Å². The standard InChI is InChI=1S/C26H21BrFN3O4S/c1-2-34-21-13-16(12-20(27)24(21)35-15-23(32)29-18-6-4-3-5-7-18)14-22-25(33)31-26(36-22)30-19-10-8-17(28)9-11-19/h3-14H,2,15H2,1H3,(H,29,32)(H,30,31,33)/b22-14+. The summed E-state index contributed by atoms with van der Waals surface area (Å²) >= 11 is 4.66. The van der Waals surface area contributed by atoms with Gasteiger partial charge in [0.25, 0.3) is 11.8 Å². The summed E-state index contributed by atoms with van der Waals surface area (Å²) in [6.45, 7) is 2.00. The Balaban J connectivity index is 1.49. The van der Waals surface area contributed by atoms with E-state index in [1.54, 1.807) is 30.3 Å². The van der Waals surface area contributed by atoms with E-state index in [2.05, 4.69) is 31.6 Å². The van der Waals surface area contributed by atoms with Crippen molar-refractivity contribution in [3.63, 3.8) is 0 Å². The number of carbonyl (C=O) groups is 2. The molecule has 184 valence electrons. The topological polar surface area (TPSA) is 89.0 Å². The third-order valence-corrected chi connectivity index (χ3v) is 6.24. The largest absolute Gasteiger partial charge is 0.490 e. The number of carbonyl (C=O) groups excluding carboxylic acids is 2. The number of amidine groups is 1. The number of nitrogens with zero attached hydrogens (tertiary/aromatic N) is 1. The lowest BCUT2D eigenvalue weighted by molar-refractivity contribution is -0.118. The monoisotopic (exact) mass is 569 g/mol. The fourth-order valence-corrected chi connectivity index (χ4v) is 4.61. The lowest BCUT2D eigenvalue weighted by atomic mass is 10.2. The maximum absolute atomic E-state index is 13.1. The highest BCUT2D eigenvalue weighted by atomic mass is 79.9. The van der Waals surface area contributed by atoms with Crippen LogP contribution in [0.3, 0.4) is 0 Å². The molecule has 3 aromatic rings. The first-order valence-corrected chi connectivity index (χ1v) is 12.5.